The van der Waals surface area contributed by atoms with Crippen LogP contribution >= 0.6 is 11.8 Å². The molecule has 0 spiro atoms. The van der Waals surface area contributed by atoms with Gasteiger partial charge < -0.3 is 9.84 Å². The molecule has 0 amide bonds. The summed E-state index contributed by atoms with van der Waals surface area (Å²) in [5.41, 5.74) is 0.800. The lowest BCUT2D eigenvalue weighted by Gasteiger charge is -2.12. The molecular weight excluding hydrogens is 360 g/mol. The largest absolute Gasteiger partial charge is 0.481 e. The zero-order valence-corrected chi connectivity index (χ0v) is 17.5. The van der Waals surface area contributed by atoms with Gasteiger partial charge in [0.2, 0.25) is 0 Å². The van der Waals surface area contributed by atoms with Crippen LogP contribution in [-0.2, 0) is 14.3 Å². The smallest absolute Gasteiger partial charge is 0.311 e. The third kappa shape index (κ3) is 11.8. The van der Waals surface area contributed by atoms with Crippen molar-refractivity contribution in [3.63, 3.8) is 0 Å². The van der Waals surface area contributed by atoms with Crippen LogP contribution in [-0.4, -0.2) is 35.2 Å². The van der Waals surface area contributed by atoms with Gasteiger partial charge in [-0.25, -0.2) is 0 Å². The van der Waals surface area contributed by atoms with Crippen molar-refractivity contribution in [1.82, 2.24) is 0 Å². The van der Waals surface area contributed by atoms with Crippen molar-refractivity contribution < 1.29 is 19.4 Å². The Morgan fingerprint density at radius 2 is 1.70 bits per heavy atom. The van der Waals surface area contributed by atoms with E-state index in [0.29, 0.717) is 24.5 Å². The Labute approximate surface area is 168 Å². The number of rotatable bonds is 15. The van der Waals surface area contributed by atoms with Gasteiger partial charge in [-0.2, -0.15) is 11.8 Å². The van der Waals surface area contributed by atoms with Gasteiger partial charge in [0.15, 0.2) is 0 Å². The second-order valence-corrected chi connectivity index (χ2v) is 8.45. The van der Waals surface area contributed by atoms with Gasteiger partial charge in [0.1, 0.15) is 0 Å². The summed E-state index contributed by atoms with van der Waals surface area (Å²) in [6, 6.07) is 9.22. The molecule has 0 saturated carbocycles. The van der Waals surface area contributed by atoms with E-state index in [1.807, 2.05) is 30.3 Å². The quantitative estimate of drug-likeness (QED) is 0.313. The van der Waals surface area contributed by atoms with Crippen LogP contribution in [0.3, 0.4) is 0 Å². The molecule has 1 aromatic carbocycles. The fourth-order valence-corrected chi connectivity index (χ4v) is 3.84. The van der Waals surface area contributed by atoms with E-state index in [1.54, 1.807) is 0 Å². The SMILES string of the molecule is CC(C)CCCCCCCOC(=O)CCSCC(C(=O)O)c1ccccc1. The summed E-state index contributed by atoms with van der Waals surface area (Å²) in [6.07, 6.45) is 7.41. The van der Waals surface area contributed by atoms with Gasteiger partial charge in [0, 0.05) is 11.5 Å². The molecule has 0 radical (unpaired) electrons. The molecule has 0 saturated heterocycles. The minimum atomic E-state index is -0.829. The maximum Gasteiger partial charge on any atom is 0.311 e. The molecule has 0 heterocycles. The van der Waals surface area contributed by atoms with Crippen LogP contribution in [0.4, 0.5) is 0 Å². The molecule has 1 atom stereocenters. The van der Waals surface area contributed by atoms with Gasteiger partial charge >= 0.3 is 11.9 Å². The lowest BCUT2D eigenvalue weighted by molar-refractivity contribution is -0.143. The Bertz CT molecular complexity index is 530. The number of carbonyl (C=O) groups excluding carboxylic acids is 1. The number of benzene rings is 1. The molecule has 1 N–H and O–H groups in total. The molecular formula is C22H34O4S. The number of hydrogen-bond acceptors (Lipinski definition) is 4. The first-order valence-electron chi connectivity index (χ1n) is 10.0. The standard InChI is InChI=1S/C22H34O4S/c1-18(2)11-7-4-3-5-10-15-26-21(23)14-16-27-17-20(22(24)25)19-12-8-6-9-13-19/h6,8-9,12-13,18,20H,3-5,7,10-11,14-17H2,1-2H3,(H,24,25). The number of hydrogen-bond donors (Lipinski definition) is 1. The fourth-order valence-electron chi connectivity index (χ4n) is 2.80. The average Bonchev–Trinajstić information content (AvgIpc) is 2.64. The van der Waals surface area contributed by atoms with Gasteiger partial charge in [-0.05, 0) is 17.9 Å². The Hall–Kier alpha value is -1.49. The Kier molecular flexibility index (Phi) is 12.7. The number of carbonyl (C=O) groups is 2. The second kappa shape index (κ2) is 14.6. The summed E-state index contributed by atoms with van der Waals surface area (Å²) in [5.74, 6) is 0.275. The number of ether oxygens (including phenoxy) is 1. The first-order valence-corrected chi connectivity index (χ1v) is 11.2. The van der Waals surface area contributed by atoms with E-state index in [0.717, 1.165) is 24.3 Å². The zero-order valence-electron chi connectivity index (χ0n) is 16.7. The number of carboxylic acid groups (broad SMARTS) is 1. The number of thioether (sulfide) groups is 1. The lowest BCUT2D eigenvalue weighted by Crippen LogP contribution is -2.15. The average molecular weight is 395 g/mol. The van der Waals surface area contributed by atoms with Crippen molar-refractivity contribution in [2.45, 2.75) is 64.7 Å². The van der Waals surface area contributed by atoms with Crippen LogP contribution in [0.1, 0.15) is 70.3 Å². The number of carboxylic acids is 1. The highest BCUT2D eigenvalue weighted by Gasteiger charge is 2.19. The second-order valence-electron chi connectivity index (χ2n) is 7.30. The van der Waals surface area contributed by atoms with Gasteiger partial charge in [-0.1, -0.05) is 76.3 Å². The molecule has 5 heteroatoms. The Morgan fingerprint density at radius 3 is 2.37 bits per heavy atom. The monoisotopic (exact) mass is 394 g/mol. The third-order valence-corrected chi connectivity index (χ3v) is 5.49. The van der Waals surface area contributed by atoms with Gasteiger partial charge in [-0.15, -0.1) is 0 Å². The topological polar surface area (TPSA) is 63.6 Å². The fraction of sp³-hybridized carbons (Fsp3) is 0.636. The maximum absolute atomic E-state index is 11.7. The summed E-state index contributed by atoms with van der Waals surface area (Å²) in [6.45, 7) is 5.00. The normalized spacial score (nSPS) is 12.1. The van der Waals surface area contributed by atoms with E-state index in [4.69, 9.17) is 4.74 Å². The van der Waals surface area contributed by atoms with E-state index in [-0.39, 0.29) is 5.97 Å². The lowest BCUT2D eigenvalue weighted by atomic mass is 10.0. The first-order chi connectivity index (χ1) is 13.0. The van der Waals surface area contributed by atoms with E-state index >= 15 is 0 Å². The number of aliphatic carboxylic acids is 1. The minimum Gasteiger partial charge on any atom is -0.481 e. The van der Waals surface area contributed by atoms with Crippen molar-refractivity contribution in [1.29, 1.82) is 0 Å². The van der Waals surface area contributed by atoms with Crippen LogP contribution in [0, 0.1) is 5.92 Å². The third-order valence-electron chi connectivity index (χ3n) is 4.42. The summed E-state index contributed by atoms with van der Waals surface area (Å²) in [4.78, 5) is 23.2. The molecule has 0 bridgehead atoms. The molecule has 0 aliphatic heterocycles. The molecule has 0 aromatic heterocycles. The van der Waals surface area contributed by atoms with Crippen LogP contribution in [0.2, 0.25) is 0 Å². The van der Waals surface area contributed by atoms with Crippen molar-refractivity contribution in [2.24, 2.45) is 5.92 Å². The van der Waals surface area contributed by atoms with Crippen molar-refractivity contribution in [3.05, 3.63) is 35.9 Å². The predicted octanol–water partition coefficient (Wildman–Crippen LogP) is 5.52. The van der Waals surface area contributed by atoms with E-state index in [2.05, 4.69) is 13.8 Å². The molecule has 1 aromatic rings. The predicted molar refractivity (Wildman–Crippen MR) is 112 cm³/mol. The molecule has 4 nitrogen and oxygen atoms in total. The van der Waals surface area contributed by atoms with E-state index < -0.39 is 11.9 Å². The van der Waals surface area contributed by atoms with Crippen molar-refractivity contribution >= 4 is 23.7 Å². The minimum absolute atomic E-state index is 0.186. The van der Waals surface area contributed by atoms with Crippen molar-refractivity contribution in [2.75, 3.05) is 18.1 Å². The summed E-state index contributed by atoms with van der Waals surface area (Å²) >= 11 is 1.49. The van der Waals surface area contributed by atoms with Crippen LogP contribution in [0.5, 0.6) is 0 Å². The summed E-state index contributed by atoms with van der Waals surface area (Å²) in [7, 11) is 0. The molecule has 1 unspecified atom stereocenters. The maximum atomic E-state index is 11.7. The molecule has 0 aliphatic carbocycles. The zero-order chi connectivity index (χ0) is 19.9. The highest BCUT2D eigenvalue weighted by molar-refractivity contribution is 7.99. The molecule has 0 fully saturated rings. The van der Waals surface area contributed by atoms with E-state index in [1.165, 1.54) is 37.4 Å². The Balaban J connectivity index is 2.05. The molecule has 27 heavy (non-hydrogen) atoms. The van der Waals surface area contributed by atoms with Crippen LogP contribution in [0.25, 0.3) is 0 Å². The van der Waals surface area contributed by atoms with Gasteiger partial charge in [-0.3, -0.25) is 9.59 Å². The highest BCUT2D eigenvalue weighted by atomic mass is 32.2. The molecule has 152 valence electrons. The van der Waals surface area contributed by atoms with Crippen molar-refractivity contribution in [3.8, 4) is 0 Å². The van der Waals surface area contributed by atoms with E-state index in [9.17, 15) is 14.7 Å². The summed E-state index contributed by atoms with van der Waals surface area (Å²) in [5, 5.41) is 9.38. The first kappa shape index (κ1) is 23.5. The highest BCUT2D eigenvalue weighted by Crippen LogP contribution is 2.21. The molecule has 0 aliphatic rings. The molecule has 1 rings (SSSR count). The summed E-state index contributed by atoms with van der Waals surface area (Å²) < 4.78 is 5.26. The van der Waals surface area contributed by atoms with Gasteiger partial charge in [0.05, 0.1) is 18.9 Å². The number of unbranched alkanes of at least 4 members (excludes halogenated alkanes) is 4. The van der Waals surface area contributed by atoms with Crippen LogP contribution in [0.15, 0.2) is 30.3 Å². The Morgan fingerprint density at radius 1 is 1.04 bits per heavy atom. The number of esters is 1. The van der Waals surface area contributed by atoms with Gasteiger partial charge in [0.25, 0.3) is 0 Å². The van der Waals surface area contributed by atoms with Crippen LogP contribution < -0.4 is 0 Å².